The molecule has 2 rings (SSSR count). The molecule has 21 heavy (non-hydrogen) atoms. The Balaban J connectivity index is 2.11. The first kappa shape index (κ1) is 15.8. The molecular formula is C16H24N2O3. The van der Waals surface area contributed by atoms with Crippen LogP contribution in [0.15, 0.2) is 24.3 Å². The van der Waals surface area contributed by atoms with Gasteiger partial charge in [-0.3, -0.25) is 10.1 Å². The van der Waals surface area contributed by atoms with E-state index in [2.05, 4.69) is 5.32 Å². The number of benzene rings is 1. The Hall–Kier alpha value is -1.59. The van der Waals surface area contributed by atoms with E-state index in [4.69, 9.17) is 9.47 Å². The molecule has 2 unspecified atom stereocenters. The normalized spacial score (nSPS) is 19.9. The predicted octanol–water partition coefficient (Wildman–Crippen LogP) is 1.94. The van der Waals surface area contributed by atoms with Gasteiger partial charge in [-0.05, 0) is 38.5 Å². The van der Waals surface area contributed by atoms with Gasteiger partial charge in [-0.1, -0.05) is 12.1 Å². The van der Waals surface area contributed by atoms with Gasteiger partial charge in [0.15, 0.2) is 0 Å². The summed E-state index contributed by atoms with van der Waals surface area (Å²) in [6.07, 6.45) is -0.0939. The Kier molecular flexibility index (Phi) is 5.59. The number of rotatable bonds is 7. The van der Waals surface area contributed by atoms with E-state index in [9.17, 15) is 4.79 Å². The van der Waals surface area contributed by atoms with Crippen molar-refractivity contribution in [3.8, 4) is 5.75 Å². The van der Waals surface area contributed by atoms with E-state index in [0.29, 0.717) is 26.4 Å². The fourth-order valence-electron chi connectivity index (χ4n) is 2.58. The number of nitrogens with zero attached hydrogens (tertiary/aromatic N) is 1. The molecule has 0 aliphatic carbocycles. The number of ether oxygens (including phenoxy) is 2. The van der Waals surface area contributed by atoms with E-state index in [-0.39, 0.29) is 18.1 Å². The Morgan fingerprint density at radius 1 is 1.29 bits per heavy atom. The van der Waals surface area contributed by atoms with Gasteiger partial charge in [-0.2, -0.15) is 0 Å². The lowest BCUT2D eigenvalue weighted by atomic mass is 10.1. The van der Waals surface area contributed by atoms with Crippen molar-refractivity contribution < 1.29 is 14.3 Å². The lowest BCUT2D eigenvalue weighted by molar-refractivity contribution is -0.131. The number of hydrogen-bond donors (Lipinski definition) is 1. The molecule has 1 amide bonds. The van der Waals surface area contributed by atoms with Gasteiger partial charge >= 0.3 is 0 Å². The first-order chi connectivity index (χ1) is 10.2. The van der Waals surface area contributed by atoms with Gasteiger partial charge in [0.1, 0.15) is 11.9 Å². The maximum Gasteiger partial charge on any atom is 0.238 e. The zero-order valence-corrected chi connectivity index (χ0v) is 13.0. The lowest BCUT2D eigenvalue weighted by Gasteiger charge is -2.30. The van der Waals surface area contributed by atoms with E-state index in [1.54, 1.807) is 0 Å². The zero-order chi connectivity index (χ0) is 15.2. The molecule has 116 valence electrons. The Morgan fingerprint density at radius 2 is 2.00 bits per heavy atom. The van der Waals surface area contributed by atoms with Gasteiger partial charge in [0, 0.05) is 6.61 Å². The van der Waals surface area contributed by atoms with Crippen molar-refractivity contribution in [1.82, 2.24) is 10.2 Å². The molecule has 1 heterocycles. The maximum absolute atomic E-state index is 12.1. The molecule has 1 aliphatic rings. The third-order valence-corrected chi connectivity index (χ3v) is 3.56. The number of carbonyl (C=O) groups is 1. The molecule has 0 aromatic heterocycles. The molecule has 1 aromatic rings. The standard InChI is InChI=1S/C16H24N2O3/c1-4-20-11-12(3)18-15(19)10-17-16(18)13-6-8-14(9-7-13)21-5-2/h6-9,12,16-17H,4-5,10-11H2,1-3H3. The van der Waals surface area contributed by atoms with Crippen molar-refractivity contribution >= 4 is 5.91 Å². The molecule has 0 bridgehead atoms. The van der Waals surface area contributed by atoms with E-state index in [0.717, 1.165) is 11.3 Å². The van der Waals surface area contributed by atoms with Crippen molar-refractivity contribution in [2.75, 3.05) is 26.4 Å². The molecule has 1 aromatic carbocycles. The summed E-state index contributed by atoms with van der Waals surface area (Å²) in [4.78, 5) is 14.0. The fourth-order valence-corrected chi connectivity index (χ4v) is 2.58. The second-order valence-electron chi connectivity index (χ2n) is 5.09. The minimum Gasteiger partial charge on any atom is -0.494 e. The molecule has 5 heteroatoms. The average molecular weight is 292 g/mol. The van der Waals surface area contributed by atoms with Crippen molar-refractivity contribution in [2.24, 2.45) is 0 Å². The molecule has 1 fully saturated rings. The Bertz CT molecular complexity index is 461. The summed E-state index contributed by atoms with van der Waals surface area (Å²) >= 11 is 0. The van der Waals surface area contributed by atoms with Crippen LogP contribution in [0.2, 0.25) is 0 Å². The third-order valence-electron chi connectivity index (χ3n) is 3.56. The molecule has 0 saturated carbocycles. The van der Waals surface area contributed by atoms with Crippen LogP contribution in [0.5, 0.6) is 5.75 Å². The highest BCUT2D eigenvalue weighted by molar-refractivity contribution is 5.81. The van der Waals surface area contributed by atoms with Crippen molar-refractivity contribution in [3.05, 3.63) is 29.8 Å². The summed E-state index contributed by atoms with van der Waals surface area (Å²) in [6.45, 7) is 8.17. The molecule has 1 N–H and O–H groups in total. The summed E-state index contributed by atoms with van der Waals surface area (Å²) in [5.74, 6) is 0.959. The minimum absolute atomic E-state index is 0.0454. The lowest BCUT2D eigenvalue weighted by Crippen LogP contribution is -2.40. The number of amides is 1. The SMILES string of the molecule is CCOCC(C)N1C(=O)CNC1c1ccc(OCC)cc1. The minimum atomic E-state index is -0.0939. The maximum atomic E-state index is 12.1. The first-order valence-electron chi connectivity index (χ1n) is 7.52. The molecule has 1 saturated heterocycles. The Morgan fingerprint density at radius 3 is 2.62 bits per heavy atom. The highest BCUT2D eigenvalue weighted by Crippen LogP contribution is 2.26. The summed E-state index contributed by atoms with van der Waals surface area (Å²) < 4.78 is 10.9. The highest BCUT2D eigenvalue weighted by Gasteiger charge is 2.34. The third kappa shape index (κ3) is 3.74. The van der Waals surface area contributed by atoms with Gasteiger partial charge in [0.2, 0.25) is 5.91 Å². The van der Waals surface area contributed by atoms with Crippen LogP contribution in [-0.4, -0.2) is 43.2 Å². The van der Waals surface area contributed by atoms with Crippen LogP contribution < -0.4 is 10.1 Å². The van der Waals surface area contributed by atoms with Crippen LogP contribution in [0.4, 0.5) is 0 Å². The van der Waals surface area contributed by atoms with Gasteiger partial charge in [-0.15, -0.1) is 0 Å². The van der Waals surface area contributed by atoms with Crippen LogP contribution in [0, 0.1) is 0 Å². The van der Waals surface area contributed by atoms with Crippen LogP contribution >= 0.6 is 0 Å². The quantitative estimate of drug-likeness (QED) is 0.834. The van der Waals surface area contributed by atoms with E-state index in [1.807, 2.05) is 49.9 Å². The molecule has 2 atom stereocenters. The van der Waals surface area contributed by atoms with Crippen LogP contribution in [0.25, 0.3) is 0 Å². The summed E-state index contributed by atoms with van der Waals surface area (Å²) in [6, 6.07) is 7.93. The van der Waals surface area contributed by atoms with Gasteiger partial charge in [-0.25, -0.2) is 0 Å². The van der Waals surface area contributed by atoms with Crippen molar-refractivity contribution in [3.63, 3.8) is 0 Å². The molecule has 0 radical (unpaired) electrons. The zero-order valence-electron chi connectivity index (χ0n) is 13.0. The number of nitrogens with one attached hydrogen (secondary N) is 1. The van der Waals surface area contributed by atoms with Crippen molar-refractivity contribution in [2.45, 2.75) is 33.0 Å². The largest absolute Gasteiger partial charge is 0.494 e. The van der Waals surface area contributed by atoms with Crippen LogP contribution in [0.1, 0.15) is 32.5 Å². The predicted molar refractivity (Wildman–Crippen MR) is 81.2 cm³/mol. The smallest absolute Gasteiger partial charge is 0.238 e. The summed E-state index contributed by atoms with van der Waals surface area (Å²) in [5.41, 5.74) is 1.06. The monoisotopic (exact) mass is 292 g/mol. The molecule has 0 spiro atoms. The molecule has 1 aliphatic heterocycles. The first-order valence-corrected chi connectivity index (χ1v) is 7.52. The summed E-state index contributed by atoms with van der Waals surface area (Å²) in [5, 5.41) is 3.26. The topological polar surface area (TPSA) is 50.8 Å². The molecular weight excluding hydrogens is 268 g/mol. The second-order valence-corrected chi connectivity index (χ2v) is 5.09. The van der Waals surface area contributed by atoms with Gasteiger partial charge in [0.25, 0.3) is 0 Å². The Labute approximate surface area is 126 Å². The van der Waals surface area contributed by atoms with Crippen LogP contribution in [-0.2, 0) is 9.53 Å². The van der Waals surface area contributed by atoms with E-state index in [1.165, 1.54) is 0 Å². The van der Waals surface area contributed by atoms with E-state index >= 15 is 0 Å². The number of hydrogen-bond acceptors (Lipinski definition) is 4. The van der Waals surface area contributed by atoms with Gasteiger partial charge < -0.3 is 14.4 Å². The fraction of sp³-hybridized carbons (Fsp3) is 0.562. The second kappa shape index (κ2) is 7.43. The highest BCUT2D eigenvalue weighted by atomic mass is 16.5. The molecule has 5 nitrogen and oxygen atoms in total. The van der Waals surface area contributed by atoms with Crippen LogP contribution in [0.3, 0.4) is 0 Å². The van der Waals surface area contributed by atoms with Crippen molar-refractivity contribution in [1.29, 1.82) is 0 Å². The van der Waals surface area contributed by atoms with E-state index < -0.39 is 0 Å². The summed E-state index contributed by atoms with van der Waals surface area (Å²) in [7, 11) is 0. The van der Waals surface area contributed by atoms with Gasteiger partial charge in [0.05, 0.1) is 25.8 Å². The average Bonchev–Trinajstić information content (AvgIpc) is 2.88. The number of carbonyl (C=O) groups excluding carboxylic acids is 1.